The van der Waals surface area contributed by atoms with Crippen LogP contribution in [0.15, 0.2) is 18.2 Å². The summed E-state index contributed by atoms with van der Waals surface area (Å²) < 4.78 is 0. The summed E-state index contributed by atoms with van der Waals surface area (Å²) in [4.78, 5) is 12.6. The highest BCUT2D eigenvalue weighted by atomic mass is 16.6. The molecular formula is C13H21N3O3. The van der Waals surface area contributed by atoms with Crippen LogP contribution in [-0.4, -0.2) is 41.2 Å². The van der Waals surface area contributed by atoms with Crippen LogP contribution in [0.4, 0.5) is 11.4 Å². The van der Waals surface area contributed by atoms with Gasteiger partial charge in [0.2, 0.25) is 0 Å². The molecule has 1 aromatic carbocycles. The Morgan fingerprint density at radius 3 is 2.74 bits per heavy atom. The maximum Gasteiger partial charge on any atom is 0.292 e. The van der Waals surface area contributed by atoms with Crippen molar-refractivity contribution in [3.8, 4) is 0 Å². The largest absolute Gasteiger partial charge is 0.395 e. The third-order valence-corrected chi connectivity index (χ3v) is 3.12. The van der Waals surface area contributed by atoms with Crippen molar-refractivity contribution >= 4 is 11.4 Å². The average molecular weight is 267 g/mol. The highest BCUT2D eigenvalue weighted by Gasteiger charge is 2.18. The number of nitrogens with one attached hydrogen (secondary N) is 1. The first-order valence-electron chi connectivity index (χ1n) is 6.32. The zero-order chi connectivity index (χ0) is 14.4. The molecule has 0 bridgehead atoms. The van der Waals surface area contributed by atoms with Gasteiger partial charge in [0.05, 0.1) is 11.5 Å². The minimum atomic E-state index is -0.378. The lowest BCUT2D eigenvalue weighted by Crippen LogP contribution is -2.31. The molecule has 0 fully saturated rings. The highest BCUT2D eigenvalue weighted by Crippen LogP contribution is 2.29. The topological polar surface area (TPSA) is 78.6 Å². The molecule has 0 aromatic heterocycles. The van der Waals surface area contributed by atoms with E-state index in [4.69, 9.17) is 5.11 Å². The molecule has 0 spiro atoms. The summed E-state index contributed by atoms with van der Waals surface area (Å²) in [6, 6.07) is 5.06. The lowest BCUT2D eigenvalue weighted by molar-refractivity contribution is -0.384. The molecule has 0 radical (unpaired) electrons. The second-order valence-corrected chi connectivity index (χ2v) is 4.55. The van der Waals surface area contributed by atoms with E-state index in [-0.39, 0.29) is 23.3 Å². The fraction of sp³-hybridized carbons (Fsp3) is 0.538. The van der Waals surface area contributed by atoms with Gasteiger partial charge in [0.25, 0.3) is 5.69 Å². The Labute approximate surface area is 113 Å². The molecule has 2 N–H and O–H groups in total. The van der Waals surface area contributed by atoms with Crippen molar-refractivity contribution in [2.75, 3.05) is 25.5 Å². The molecular weight excluding hydrogens is 246 g/mol. The number of rotatable bonds is 7. The van der Waals surface area contributed by atoms with E-state index in [9.17, 15) is 10.1 Å². The van der Waals surface area contributed by atoms with E-state index in [1.807, 2.05) is 31.9 Å². The van der Waals surface area contributed by atoms with Crippen molar-refractivity contribution in [1.29, 1.82) is 0 Å². The number of para-hydroxylation sites is 1. The molecule has 19 heavy (non-hydrogen) atoms. The van der Waals surface area contributed by atoms with Crippen molar-refractivity contribution in [2.24, 2.45) is 0 Å². The molecule has 1 unspecified atom stereocenters. The molecule has 0 aliphatic carbocycles. The van der Waals surface area contributed by atoms with Gasteiger partial charge in [-0.05, 0) is 26.5 Å². The summed E-state index contributed by atoms with van der Waals surface area (Å²) in [5, 5.41) is 23.2. The first kappa shape index (κ1) is 15.4. The molecule has 0 saturated carbocycles. The van der Waals surface area contributed by atoms with E-state index in [1.165, 1.54) is 6.07 Å². The van der Waals surface area contributed by atoms with Crippen molar-refractivity contribution in [2.45, 2.75) is 26.4 Å². The minimum Gasteiger partial charge on any atom is -0.395 e. The molecule has 0 aliphatic heterocycles. The zero-order valence-corrected chi connectivity index (χ0v) is 11.6. The van der Waals surface area contributed by atoms with Gasteiger partial charge in [-0.3, -0.25) is 15.0 Å². The highest BCUT2D eigenvalue weighted by molar-refractivity contribution is 5.66. The average Bonchev–Trinajstić information content (AvgIpc) is 2.39. The Morgan fingerprint density at radius 1 is 1.53 bits per heavy atom. The lowest BCUT2D eigenvalue weighted by atomic mass is 10.1. The zero-order valence-electron chi connectivity index (χ0n) is 11.6. The molecule has 0 heterocycles. The number of benzene rings is 1. The maximum atomic E-state index is 11.0. The van der Waals surface area contributed by atoms with E-state index < -0.39 is 0 Å². The number of aliphatic hydroxyl groups excluding tert-OH is 1. The smallest absolute Gasteiger partial charge is 0.292 e. The second-order valence-electron chi connectivity index (χ2n) is 4.55. The second kappa shape index (κ2) is 7.06. The molecule has 1 rings (SSSR count). The number of hydrogen-bond acceptors (Lipinski definition) is 5. The molecule has 1 aromatic rings. The summed E-state index contributed by atoms with van der Waals surface area (Å²) in [7, 11) is 1.88. The van der Waals surface area contributed by atoms with Gasteiger partial charge in [-0.25, -0.2) is 0 Å². The Hall–Kier alpha value is -1.66. The van der Waals surface area contributed by atoms with Crippen molar-refractivity contribution in [1.82, 2.24) is 4.90 Å². The molecule has 0 aliphatic rings. The summed E-state index contributed by atoms with van der Waals surface area (Å²) in [5.41, 5.74) is 1.51. The predicted octanol–water partition coefficient (Wildman–Crippen LogP) is 1.84. The van der Waals surface area contributed by atoms with E-state index in [0.29, 0.717) is 18.8 Å². The van der Waals surface area contributed by atoms with Gasteiger partial charge in [-0.1, -0.05) is 12.1 Å². The van der Waals surface area contributed by atoms with Gasteiger partial charge < -0.3 is 10.4 Å². The van der Waals surface area contributed by atoms with Crippen LogP contribution in [0.3, 0.4) is 0 Å². The van der Waals surface area contributed by atoms with Crippen LogP contribution in [-0.2, 0) is 6.54 Å². The predicted molar refractivity (Wildman–Crippen MR) is 75.3 cm³/mol. The maximum absolute atomic E-state index is 11.0. The van der Waals surface area contributed by atoms with Crippen LogP contribution in [0.5, 0.6) is 0 Å². The summed E-state index contributed by atoms with van der Waals surface area (Å²) >= 11 is 0. The lowest BCUT2D eigenvalue weighted by Gasteiger charge is -2.24. The SMILES string of the molecule is CCNc1c(CN(C)C(C)CO)cccc1[N+](=O)[O-]. The van der Waals surface area contributed by atoms with E-state index in [2.05, 4.69) is 5.32 Å². The van der Waals surface area contributed by atoms with Crippen LogP contribution in [0.2, 0.25) is 0 Å². The fourth-order valence-electron chi connectivity index (χ4n) is 1.82. The normalized spacial score (nSPS) is 12.5. The number of nitro groups is 1. The molecule has 0 saturated heterocycles. The first-order chi connectivity index (χ1) is 9.01. The van der Waals surface area contributed by atoms with Gasteiger partial charge in [0, 0.05) is 25.2 Å². The molecule has 1 atom stereocenters. The van der Waals surface area contributed by atoms with Crippen molar-refractivity contribution in [3.63, 3.8) is 0 Å². The van der Waals surface area contributed by atoms with Crippen LogP contribution >= 0.6 is 0 Å². The Morgan fingerprint density at radius 2 is 2.21 bits per heavy atom. The van der Waals surface area contributed by atoms with Crippen LogP contribution in [0.1, 0.15) is 19.4 Å². The summed E-state index contributed by atoms with van der Waals surface area (Å²) in [6.45, 7) is 5.04. The standard InChI is InChI=1S/C13H21N3O3/c1-4-14-13-11(8-15(3)10(2)9-17)6-5-7-12(13)16(18)19/h5-7,10,14,17H,4,8-9H2,1-3H3. The summed E-state index contributed by atoms with van der Waals surface area (Å²) in [5.74, 6) is 0. The Balaban J connectivity index is 3.05. The number of aliphatic hydroxyl groups is 1. The number of nitro benzene ring substituents is 1. The van der Waals surface area contributed by atoms with Gasteiger partial charge in [0.15, 0.2) is 0 Å². The number of anilines is 1. The van der Waals surface area contributed by atoms with Gasteiger partial charge in [-0.2, -0.15) is 0 Å². The van der Waals surface area contributed by atoms with Crippen LogP contribution in [0, 0.1) is 10.1 Å². The first-order valence-corrected chi connectivity index (χ1v) is 6.32. The number of nitrogens with zero attached hydrogens (tertiary/aromatic N) is 2. The van der Waals surface area contributed by atoms with Gasteiger partial charge in [-0.15, -0.1) is 0 Å². The van der Waals surface area contributed by atoms with Crippen LogP contribution in [0.25, 0.3) is 0 Å². The molecule has 6 heteroatoms. The van der Waals surface area contributed by atoms with Crippen molar-refractivity contribution < 1.29 is 10.0 Å². The molecule has 106 valence electrons. The monoisotopic (exact) mass is 267 g/mol. The van der Waals surface area contributed by atoms with E-state index in [1.54, 1.807) is 6.07 Å². The third kappa shape index (κ3) is 3.90. The van der Waals surface area contributed by atoms with Crippen molar-refractivity contribution in [3.05, 3.63) is 33.9 Å². The Bertz CT molecular complexity index is 437. The molecule has 6 nitrogen and oxygen atoms in total. The summed E-state index contributed by atoms with van der Waals surface area (Å²) in [6.07, 6.45) is 0. The van der Waals surface area contributed by atoms with E-state index >= 15 is 0 Å². The molecule has 0 amide bonds. The van der Waals surface area contributed by atoms with E-state index in [0.717, 1.165) is 5.56 Å². The Kier molecular flexibility index (Phi) is 5.72. The van der Waals surface area contributed by atoms with Crippen LogP contribution < -0.4 is 5.32 Å². The van der Waals surface area contributed by atoms with Gasteiger partial charge in [0.1, 0.15) is 5.69 Å². The quantitative estimate of drug-likeness (QED) is 0.582. The fourth-order valence-corrected chi connectivity index (χ4v) is 1.82. The van der Waals surface area contributed by atoms with Gasteiger partial charge >= 0.3 is 0 Å². The minimum absolute atomic E-state index is 0.00809. The third-order valence-electron chi connectivity index (χ3n) is 3.12. The number of likely N-dealkylation sites (N-methyl/N-ethyl adjacent to an activating group) is 1. The number of hydrogen-bond donors (Lipinski definition) is 2.